The molecular weight excluding hydrogens is 501 g/mol. The third-order valence-electron chi connectivity index (χ3n) is 7.71. The maximum Gasteiger partial charge on any atom is 0.177 e. The van der Waals surface area contributed by atoms with Crippen LogP contribution in [0, 0.1) is 16.7 Å². The molecule has 37 heavy (non-hydrogen) atoms. The van der Waals surface area contributed by atoms with Gasteiger partial charge in [0, 0.05) is 15.7 Å². The molecule has 1 fully saturated rings. The van der Waals surface area contributed by atoms with E-state index < -0.39 is 0 Å². The summed E-state index contributed by atoms with van der Waals surface area (Å²) in [6.45, 7) is 13.7. The fraction of sp³-hybridized carbons (Fsp3) is 0.500. The highest BCUT2D eigenvalue weighted by molar-refractivity contribution is 6.35. The molecule has 0 saturated heterocycles. The van der Waals surface area contributed by atoms with Crippen molar-refractivity contribution in [3.63, 3.8) is 0 Å². The van der Waals surface area contributed by atoms with Crippen LogP contribution in [-0.2, 0) is 5.54 Å². The Hall–Kier alpha value is -2.37. The Balaban J connectivity index is 1.75. The van der Waals surface area contributed by atoms with Gasteiger partial charge in [0.25, 0.3) is 0 Å². The lowest BCUT2D eigenvalue weighted by Crippen LogP contribution is -2.44. The van der Waals surface area contributed by atoms with Crippen molar-refractivity contribution in [3.8, 4) is 0 Å². The number of anilines is 1. The van der Waals surface area contributed by atoms with Crippen molar-refractivity contribution in [2.45, 2.75) is 78.8 Å². The predicted molar refractivity (Wildman–Crippen MR) is 155 cm³/mol. The zero-order valence-electron chi connectivity index (χ0n) is 22.8. The van der Waals surface area contributed by atoms with E-state index in [4.69, 9.17) is 23.2 Å². The zero-order chi connectivity index (χ0) is 26.8. The first kappa shape index (κ1) is 27.7. The zero-order valence-corrected chi connectivity index (χ0v) is 24.3. The van der Waals surface area contributed by atoms with Crippen molar-refractivity contribution in [2.75, 3.05) is 5.32 Å². The normalized spacial score (nSPS) is 21.8. The summed E-state index contributed by atoms with van der Waals surface area (Å²) in [5.74, 6) is 1.54. The van der Waals surface area contributed by atoms with Crippen LogP contribution in [0.3, 0.4) is 0 Å². The van der Waals surface area contributed by atoms with Gasteiger partial charge < -0.3 is 5.32 Å². The van der Waals surface area contributed by atoms with Gasteiger partial charge in [-0.3, -0.25) is 0 Å². The van der Waals surface area contributed by atoms with E-state index in [9.17, 15) is 0 Å². The number of hydrogen-bond acceptors (Lipinski definition) is 4. The summed E-state index contributed by atoms with van der Waals surface area (Å²) < 4.78 is 2.02. The number of allylic oxidation sites excluding steroid dienone is 1. The van der Waals surface area contributed by atoms with Crippen molar-refractivity contribution in [3.05, 3.63) is 76.0 Å². The Morgan fingerprint density at radius 2 is 1.68 bits per heavy atom. The highest BCUT2D eigenvalue weighted by Crippen LogP contribution is 2.47. The molecule has 198 valence electrons. The van der Waals surface area contributed by atoms with E-state index in [1.54, 1.807) is 6.07 Å². The van der Waals surface area contributed by atoms with Crippen LogP contribution < -0.4 is 5.32 Å². The molecule has 0 aliphatic heterocycles. The van der Waals surface area contributed by atoms with Crippen LogP contribution in [0.25, 0.3) is 6.08 Å². The standard InChI is InChI=1S/C30H39Cl2N5/c1-28(2,3)22-16-18-30(19-17-22,33-24-10-8-7-9-11-24)27-34-35-36-37(27)26(29(4,5)6)15-13-21-12-14-23(31)20-25(21)32/h7-15,20,22,26,33H,16-19H2,1-6H3. The second-order valence-corrected chi connectivity index (χ2v) is 13.3. The molecule has 0 spiro atoms. The minimum Gasteiger partial charge on any atom is -0.373 e. The molecule has 5 nitrogen and oxygen atoms in total. The van der Waals surface area contributed by atoms with Crippen molar-refractivity contribution in [2.24, 2.45) is 16.7 Å². The van der Waals surface area contributed by atoms with E-state index in [2.05, 4.69) is 92.7 Å². The van der Waals surface area contributed by atoms with Crippen LogP contribution >= 0.6 is 23.2 Å². The number of rotatable bonds is 6. The molecule has 1 aliphatic rings. The number of tetrazole rings is 1. The van der Waals surface area contributed by atoms with Crippen molar-refractivity contribution in [1.29, 1.82) is 0 Å². The number of aromatic nitrogens is 4. The predicted octanol–water partition coefficient (Wildman–Crippen LogP) is 8.82. The van der Waals surface area contributed by atoms with E-state index in [-0.39, 0.29) is 22.4 Å². The molecule has 0 amide bonds. The lowest BCUT2D eigenvalue weighted by atomic mass is 9.67. The first-order valence-corrected chi connectivity index (χ1v) is 13.9. The lowest BCUT2D eigenvalue weighted by Gasteiger charge is -2.45. The molecule has 1 aromatic heterocycles. The minimum atomic E-state index is -0.359. The molecular formula is C30H39Cl2N5. The van der Waals surface area contributed by atoms with E-state index in [0.29, 0.717) is 16.0 Å². The van der Waals surface area contributed by atoms with Gasteiger partial charge in [0.2, 0.25) is 0 Å². The molecule has 1 aliphatic carbocycles. The van der Waals surface area contributed by atoms with Crippen LogP contribution in [0.2, 0.25) is 10.0 Å². The molecule has 1 saturated carbocycles. The van der Waals surface area contributed by atoms with Gasteiger partial charge in [-0.15, -0.1) is 5.10 Å². The van der Waals surface area contributed by atoms with Crippen LogP contribution in [0.5, 0.6) is 0 Å². The monoisotopic (exact) mass is 539 g/mol. The van der Waals surface area contributed by atoms with Crippen LogP contribution in [0.15, 0.2) is 54.6 Å². The quantitative estimate of drug-likeness (QED) is 0.339. The van der Waals surface area contributed by atoms with Gasteiger partial charge in [-0.05, 0) is 82.7 Å². The SMILES string of the molecule is CC(C)(C)C1CCC(Nc2ccccc2)(c2nnnn2C(C=Cc2ccc(Cl)cc2Cl)C(C)(C)C)CC1. The molecule has 0 bridgehead atoms. The highest BCUT2D eigenvalue weighted by atomic mass is 35.5. The van der Waals surface area contributed by atoms with Gasteiger partial charge in [-0.1, -0.05) is 101 Å². The average molecular weight is 541 g/mol. The first-order valence-electron chi connectivity index (χ1n) is 13.1. The van der Waals surface area contributed by atoms with Crippen LogP contribution in [0.1, 0.15) is 84.7 Å². The molecule has 2 aromatic carbocycles. The Bertz CT molecular complexity index is 1210. The average Bonchev–Trinajstić information content (AvgIpc) is 3.30. The summed E-state index contributed by atoms with van der Waals surface area (Å²) in [7, 11) is 0. The third-order valence-corrected chi connectivity index (χ3v) is 8.28. The largest absolute Gasteiger partial charge is 0.373 e. The van der Waals surface area contributed by atoms with Gasteiger partial charge in [0.15, 0.2) is 5.82 Å². The number of para-hydroxylation sites is 1. The lowest BCUT2D eigenvalue weighted by molar-refractivity contribution is 0.133. The molecule has 1 heterocycles. The van der Waals surface area contributed by atoms with Gasteiger partial charge >= 0.3 is 0 Å². The van der Waals surface area contributed by atoms with Crippen molar-refractivity contribution >= 4 is 35.0 Å². The Kier molecular flexibility index (Phi) is 8.06. The number of benzene rings is 2. The van der Waals surface area contributed by atoms with Gasteiger partial charge in [-0.25, -0.2) is 4.68 Å². The molecule has 1 N–H and O–H groups in total. The van der Waals surface area contributed by atoms with Gasteiger partial charge in [-0.2, -0.15) is 0 Å². The summed E-state index contributed by atoms with van der Waals surface area (Å²) in [6, 6.07) is 15.9. The summed E-state index contributed by atoms with van der Waals surface area (Å²) in [5.41, 5.74) is 1.77. The van der Waals surface area contributed by atoms with E-state index in [0.717, 1.165) is 42.8 Å². The third kappa shape index (κ3) is 6.38. The van der Waals surface area contributed by atoms with Crippen LogP contribution in [-0.4, -0.2) is 20.2 Å². The summed E-state index contributed by atoms with van der Waals surface area (Å²) in [4.78, 5) is 0. The highest BCUT2D eigenvalue weighted by Gasteiger charge is 2.45. The van der Waals surface area contributed by atoms with Crippen molar-refractivity contribution < 1.29 is 0 Å². The number of nitrogens with one attached hydrogen (secondary N) is 1. The fourth-order valence-electron chi connectivity index (χ4n) is 5.44. The number of hydrogen-bond donors (Lipinski definition) is 1. The van der Waals surface area contributed by atoms with Crippen LogP contribution in [0.4, 0.5) is 5.69 Å². The Morgan fingerprint density at radius 1 is 1.00 bits per heavy atom. The van der Waals surface area contributed by atoms with E-state index in [1.807, 2.05) is 29.0 Å². The number of nitrogens with zero attached hydrogens (tertiary/aromatic N) is 4. The first-order chi connectivity index (χ1) is 17.4. The Labute approximate surface area is 231 Å². The molecule has 3 aromatic rings. The van der Waals surface area contributed by atoms with Crippen molar-refractivity contribution in [1.82, 2.24) is 20.2 Å². The number of halogens is 2. The molecule has 1 unspecified atom stereocenters. The fourth-order valence-corrected chi connectivity index (χ4v) is 5.91. The molecule has 7 heteroatoms. The van der Waals surface area contributed by atoms with Gasteiger partial charge in [0.05, 0.1) is 11.6 Å². The minimum absolute atomic E-state index is 0.0842. The second kappa shape index (κ2) is 10.8. The Morgan fingerprint density at radius 3 is 2.27 bits per heavy atom. The van der Waals surface area contributed by atoms with E-state index >= 15 is 0 Å². The second-order valence-electron chi connectivity index (χ2n) is 12.5. The summed E-state index contributed by atoms with van der Waals surface area (Å²) in [5, 5.41) is 18.6. The topological polar surface area (TPSA) is 55.6 Å². The summed E-state index contributed by atoms with van der Waals surface area (Å²) >= 11 is 12.6. The van der Waals surface area contributed by atoms with E-state index in [1.165, 1.54) is 0 Å². The molecule has 4 rings (SSSR count). The molecule has 0 radical (unpaired) electrons. The maximum absolute atomic E-state index is 6.48. The molecule has 1 atom stereocenters. The smallest absolute Gasteiger partial charge is 0.177 e. The summed E-state index contributed by atoms with van der Waals surface area (Å²) in [6.07, 6.45) is 8.38. The van der Waals surface area contributed by atoms with Gasteiger partial charge in [0.1, 0.15) is 0 Å². The maximum atomic E-state index is 6.48.